The molecule has 2 aromatic carbocycles. The molecule has 0 unspecified atom stereocenters. The van der Waals surface area contributed by atoms with E-state index in [4.69, 9.17) is 9.84 Å². The standard InChI is InChI=1S/C13H10N2O6/c16-8-9-1-6-13(12(7-9)15(19)20)21-11-4-2-10(3-5-11)14(17)18/h1-7,16H,8H2. The van der Waals surface area contributed by atoms with E-state index in [0.717, 1.165) is 0 Å². The molecule has 0 spiro atoms. The van der Waals surface area contributed by atoms with Gasteiger partial charge in [0.2, 0.25) is 5.75 Å². The Balaban J connectivity index is 2.30. The van der Waals surface area contributed by atoms with Crippen molar-refractivity contribution in [2.75, 3.05) is 0 Å². The van der Waals surface area contributed by atoms with Gasteiger partial charge in [0, 0.05) is 18.2 Å². The Morgan fingerprint density at radius 2 is 1.67 bits per heavy atom. The summed E-state index contributed by atoms with van der Waals surface area (Å²) in [6.45, 7) is -0.321. The maximum atomic E-state index is 11.0. The van der Waals surface area contributed by atoms with Crippen molar-refractivity contribution in [2.24, 2.45) is 0 Å². The van der Waals surface area contributed by atoms with Crippen LogP contribution in [0.3, 0.4) is 0 Å². The minimum atomic E-state index is -0.625. The number of nitro groups is 2. The number of nitro benzene ring substituents is 2. The highest BCUT2D eigenvalue weighted by Gasteiger charge is 2.17. The van der Waals surface area contributed by atoms with E-state index in [0.29, 0.717) is 5.56 Å². The minimum absolute atomic E-state index is 0.00828. The van der Waals surface area contributed by atoms with E-state index in [1.807, 2.05) is 0 Å². The van der Waals surface area contributed by atoms with Crippen LogP contribution in [-0.2, 0) is 6.61 Å². The fraction of sp³-hybridized carbons (Fsp3) is 0.0769. The number of nitrogens with zero attached hydrogens (tertiary/aromatic N) is 2. The first-order valence-corrected chi connectivity index (χ1v) is 5.81. The topological polar surface area (TPSA) is 116 Å². The van der Waals surface area contributed by atoms with Crippen LogP contribution in [0.1, 0.15) is 5.56 Å². The molecular weight excluding hydrogens is 280 g/mol. The summed E-state index contributed by atoms with van der Waals surface area (Å²) in [5.41, 5.74) is -0.00914. The maximum absolute atomic E-state index is 11.0. The molecule has 108 valence electrons. The Labute approximate surface area is 118 Å². The lowest BCUT2D eigenvalue weighted by molar-refractivity contribution is -0.385. The van der Waals surface area contributed by atoms with Crippen LogP contribution in [0.2, 0.25) is 0 Å². The van der Waals surface area contributed by atoms with Gasteiger partial charge in [0.25, 0.3) is 5.69 Å². The second kappa shape index (κ2) is 5.97. The summed E-state index contributed by atoms with van der Waals surface area (Å²) in [6.07, 6.45) is 0. The molecule has 0 atom stereocenters. The van der Waals surface area contributed by atoms with E-state index in [1.54, 1.807) is 0 Å². The van der Waals surface area contributed by atoms with E-state index in [9.17, 15) is 20.2 Å². The van der Waals surface area contributed by atoms with E-state index in [1.165, 1.54) is 42.5 Å². The van der Waals surface area contributed by atoms with Gasteiger partial charge in [-0.25, -0.2) is 0 Å². The van der Waals surface area contributed by atoms with Gasteiger partial charge in [0.15, 0.2) is 0 Å². The lowest BCUT2D eigenvalue weighted by Gasteiger charge is -2.07. The van der Waals surface area contributed by atoms with Crippen LogP contribution in [-0.4, -0.2) is 15.0 Å². The van der Waals surface area contributed by atoms with Crippen LogP contribution in [0.5, 0.6) is 11.5 Å². The fourth-order valence-electron chi connectivity index (χ4n) is 1.65. The van der Waals surface area contributed by atoms with E-state index in [-0.39, 0.29) is 29.5 Å². The smallest absolute Gasteiger partial charge is 0.311 e. The highest BCUT2D eigenvalue weighted by Crippen LogP contribution is 2.32. The highest BCUT2D eigenvalue weighted by molar-refractivity contribution is 5.51. The molecule has 0 amide bonds. The second-order valence-electron chi connectivity index (χ2n) is 4.07. The molecule has 2 aromatic rings. The molecule has 2 rings (SSSR count). The Hall–Kier alpha value is -3.00. The molecule has 0 heterocycles. The highest BCUT2D eigenvalue weighted by atomic mass is 16.6. The van der Waals surface area contributed by atoms with Gasteiger partial charge < -0.3 is 9.84 Å². The van der Waals surface area contributed by atoms with Crippen molar-refractivity contribution in [3.63, 3.8) is 0 Å². The van der Waals surface area contributed by atoms with Gasteiger partial charge in [-0.15, -0.1) is 0 Å². The molecule has 0 saturated carbocycles. The van der Waals surface area contributed by atoms with Crippen LogP contribution in [0.25, 0.3) is 0 Å². The summed E-state index contributed by atoms with van der Waals surface area (Å²) in [7, 11) is 0. The lowest BCUT2D eigenvalue weighted by atomic mass is 10.2. The van der Waals surface area contributed by atoms with Crippen molar-refractivity contribution < 1.29 is 19.7 Å². The first kappa shape index (κ1) is 14.4. The number of rotatable bonds is 5. The number of hydrogen-bond acceptors (Lipinski definition) is 6. The molecule has 8 nitrogen and oxygen atoms in total. The number of ether oxygens (including phenoxy) is 1. The number of aliphatic hydroxyl groups is 1. The van der Waals surface area contributed by atoms with Crippen LogP contribution in [0.15, 0.2) is 42.5 Å². The molecule has 0 radical (unpaired) electrons. The number of benzene rings is 2. The molecule has 0 fully saturated rings. The number of non-ortho nitro benzene ring substituents is 1. The summed E-state index contributed by atoms with van der Waals surface area (Å²) in [6, 6.07) is 9.25. The molecule has 0 aliphatic heterocycles. The summed E-state index contributed by atoms with van der Waals surface area (Å²) in [4.78, 5) is 20.3. The third-order valence-electron chi connectivity index (χ3n) is 2.68. The van der Waals surface area contributed by atoms with Gasteiger partial charge in [0.05, 0.1) is 16.5 Å². The van der Waals surface area contributed by atoms with E-state index >= 15 is 0 Å². The average molecular weight is 290 g/mol. The summed E-state index contributed by atoms with van der Waals surface area (Å²) >= 11 is 0. The maximum Gasteiger partial charge on any atom is 0.311 e. The molecule has 0 aromatic heterocycles. The van der Waals surface area contributed by atoms with Crippen molar-refractivity contribution in [1.29, 1.82) is 0 Å². The quantitative estimate of drug-likeness (QED) is 0.668. The molecule has 0 aliphatic rings. The minimum Gasteiger partial charge on any atom is -0.450 e. The molecule has 0 bridgehead atoms. The van der Waals surface area contributed by atoms with Crippen LogP contribution in [0, 0.1) is 20.2 Å². The number of aliphatic hydroxyl groups excluding tert-OH is 1. The molecule has 1 N–H and O–H groups in total. The first-order chi connectivity index (χ1) is 10.0. The van der Waals surface area contributed by atoms with Crippen LogP contribution < -0.4 is 4.74 Å². The fourth-order valence-corrected chi connectivity index (χ4v) is 1.65. The van der Waals surface area contributed by atoms with Gasteiger partial charge >= 0.3 is 5.69 Å². The van der Waals surface area contributed by atoms with Crippen LogP contribution in [0.4, 0.5) is 11.4 Å². The normalized spacial score (nSPS) is 10.1. The van der Waals surface area contributed by atoms with Gasteiger partial charge in [-0.3, -0.25) is 20.2 Å². The zero-order valence-corrected chi connectivity index (χ0v) is 10.6. The van der Waals surface area contributed by atoms with Crippen LogP contribution >= 0.6 is 0 Å². The Bertz CT molecular complexity index is 684. The monoisotopic (exact) mass is 290 g/mol. The van der Waals surface area contributed by atoms with Crippen molar-refractivity contribution in [2.45, 2.75) is 6.61 Å². The number of hydrogen-bond donors (Lipinski definition) is 1. The molecule has 0 saturated heterocycles. The predicted molar refractivity (Wildman–Crippen MR) is 72.2 cm³/mol. The first-order valence-electron chi connectivity index (χ1n) is 5.81. The molecular formula is C13H10N2O6. The van der Waals surface area contributed by atoms with Crippen molar-refractivity contribution in [3.8, 4) is 11.5 Å². The van der Waals surface area contributed by atoms with Crippen molar-refractivity contribution in [1.82, 2.24) is 0 Å². The van der Waals surface area contributed by atoms with E-state index in [2.05, 4.69) is 0 Å². The zero-order valence-electron chi connectivity index (χ0n) is 10.6. The van der Waals surface area contributed by atoms with Crippen molar-refractivity contribution >= 4 is 11.4 Å². The Kier molecular flexibility index (Phi) is 4.10. The zero-order chi connectivity index (χ0) is 15.4. The predicted octanol–water partition coefficient (Wildman–Crippen LogP) is 2.79. The van der Waals surface area contributed by atoms with Crippen molar-refractivity contribution in [3.05, 3.63) is 68.3 Å². The summed E-state index contributed by atoms with van der Waals surface area (Å²) < 4.78 is 5.36. The SMILES string of the molecule is O=[N+]([O-])c1ccc(Oc2ccc(CO)cc2[N+](=O)[O-])cc1. The average Bonchev–Trinajstić information content (AvgIpc) is 2.48. The third kappa shape index (κ3) is 3.31. The largest absolute Gasteiger partial charge is 0.450 e. The van der Waals surface area contributed by atoms with Gasteiger partial charge in [0.1, 0.15) is 5.75 Å². The van der Waals surface area contributed by atoms with Gasteiger partial charge in [-0.1, -0.05) is 6.07 Å². The Morgan fingerprint density at radius 3 is 2.19 bits per heavy atom. The van der Waals surface area contributed by atoms with Gasteiger partial charge in [-0.05, 0) is 23.8 Å². The van der Waals surface area contributed by atoms with E-state index < -0.39 is 9.85 Å². The molecule has 21 heavy (non-hydrogen) atoms. The lowest BCUT2D eigenvalue weighted by Crippen LogP contribution is -1.95. The third-order valence-corrected chi connectivity index (χ3v) is 2.68. The molecule has 0 aliphatic carbocycles. The Morgan fingerprint density at radius 1 is 1.00 bits per heavy atom. The summed E-state index contributed by atoms with van der Waals surface area (Å²) in [5.74, 6) is 0.228. The second-order valence-corrected chi connectivity index (χ2v) is 4.07. The van der Waals surface area contributed by atoms with Gasteiger partial charge in [-0.2, -0.15) is 0 Å². The molecule has 8 heteroatoms. The summed E-state index contributed by atoms with van der Waals surface area (Å²) in [5, 5.41) is 30.5.